The van der Waals surface area contributed by atoms with Crippen molar-refractivity contribution >= 4 is 27.5 Å². The van der Waals surface area contributed by atoms with Gasteiger partial charge < -0.3 is 5.32 Å². The van der Waals surface area contributed by atoms with Gasteiger partial charge in [0.1, 0.15) is 0 Å². The summed E-state index contributed by atoms with van der Waals surface area (Å²) < 4.78 is 0.984. The van der Waals surface area contributed by atoms with Crippen LogP contribution in [0.5, 0.6) is 0 Å². The Morgan fingerprint density at radius 1 is 1.22 bits per heavy atom. The predicted octanol–water partition coefficient (Wildman–Crippen LogP) is 4.38. The molecule has 1 aromatic rings. The summed E-state index contributed by atoms with van der Waals surface area (Å²) in [5.41, 5.74) is 2.14. The molecule has 1 aliphatic carbocycles. The highest BCUT2D eigenvalue weighted by atomic mass is 79.9. The Hall–Kier alpha value is -0.830. The molecule has 1 saturated carbocycles. The first-order valence-corrected chi connectivity index (χ1v) is 7.04. The van der Waals surface area contributed by atoms with Crippen LogP contribution in [0.1, 0.15) is 33.3 Å². The van der Waals surface area contributed by atoms with Crippen molar-refractivity contribution in [3.05, 3.63) is 28.2 Å². The molecule has 2 nitrogen and oxygen atoms in total. The summed E-state index contributed by atoms with van der Waals surface area (Å²) in [5, 5.41) is 3.06. The summed E-state index contributed by atoms with van der Waals surface area (Å²) in [6.45, 7) is 10.6. The second kappa shape index (κ2) is 4.09. The maximum absolute atomic E-state index is 12.3. The molecule has 0 bridgehead atoms. The zero-order valence-corrected chi connectivity index (χ0v) is 13.2. The van der Waals surface area contributed by atoms with E-state index in [1.807, 2.05) is 25.1 Å². The fourth-order valence-corrected chi connectivity index (χ4v) is 3.15. The molecular formula is C15H20BrNO. The van der Waals surface area contributed by atoms with Gasteiger partial charge in [-0.3, -0.25) is 4.79 Å². The fraction of sp³-hybridized carbons (Fsp3) is 0.533. The van der Waals surface area contributed by atoms with E-state index < -0.39 is 0 Å². The molecule has 1 N–H and O–H groups in total. The van der Waals surface area contributed by atoms with Crippen LogP contribution in [-0.2, 0) is 4.79 Å². The van der Waals surface area contributed by atoms with E-state index in [1.54, 1.807) is 0 Å². The lowest BCUT2D eigenvalue weighted by Crippen LogP contribution is -2.18. The Bertz CT molecular complexity index is 491. The van der Waals surface area contributed by atoms with Gasteiger partial charge in [-0.1, -0.05) is 49.7 Å². The zero-order valence-electron chi connectivity index (χ0n) is 11.6. The zero-order chi connectivity index (χ0) is 13.7. The van der Waals surface area contributed by atoms with Crippen LogP contribution in [0.15, 0.2) is 22.7 Å². The van der Waals surface area contributed by atoms with Gasteiger partial charge in [0.15, 0.2) is 0 Å². The third kappa shape index (κ3) is 1.99. The molecule has 0 heterocycles. The Kier molecular flexibility index (Phi) is 3.09. The minimum absolute atomic E-state index is 0.0804. The summed E-state index contributed by atoms with van der Waals surface area (Å²) in [4.78, 5) is 12.3. The molecule has 0 aliphatic heterocycles. The molecule has 1 aliphatic rings. The average molecular weight is 310 g/mol. The minimum Gasteiger partial charge on any atom is -0.326 e. The molecule has 1 amide bonds. The van der Waals surface area contributed by atoms with Crippen molar-refractivity contribution in [1.82, 2.24) is 0 Å². The largest absolute Gasteiger partial charge is 0.326 e. The van der Waals surface area contributed by atoms with Crippen molar-refractivity contribution in [2.24, 2.45) is 16.7 Å². The van der Waals surface area contributed by atoms with Crippen molar-refractivity contribution in [3.8, 4) is 0 Å². The minimum atomic E-state index is 0.0804. The molecule has 0 saturated heterocycles. The number of carbonyl (C=O) groups excluding carboxylic acids is 1. The lowest BCUT2D eigenvalue weighted by molar-refractivity contribution is -0.118. The summed E-state index contributed by atoms with van der Waals surface area (Å²) in [6, 6.07) is 5.94. The van der Waals surface area contributed by atoms with Crippen molar-refractivity contribution in [3.63, 3.8) is 0 Å². The van der Waals surface area contributed by atoms with Crippen molar-refractivity contribution in [1.29, 1.82) is 0 Å². The second-order valence-corrected chi connectivity index (χ2v) is 7.24. The number of amides is 1. The third-order valence-corrected chi connectivity index (χ3v) is 5.23. The van der Waals surface area contributed by atoms with Gasteiger partial charge in [-0.2, -0.15) is 0 Å². The highest BCUT2D eigenvalue weighted by molar-refractivity contribution is 9.10. The number of benzene rings is 1. The third-order valence-electron chi connectivity index (χ3n) is 4.74. The van der Waals surface area contributed by atoms with Gasteiger partial charge in [0.05, 0.1) is 0 Å². The molecule has 0 aromatic heterocycles. The fourth-order valence-electron chi connectivity index (χ4n) is 2.79. The molecule has 18 heavy (non-hydrogen) atoms. The summed E-state index contributed by atoms with van der Waals surface area (Å²) >= 11 is 3.43. The molecule has 1 aromatic carbocycles. The molecule has 0 unspecified atom stereocenters. The number of anilines is 1. The van der Waals surface area contributed by atoms with E-state index in [0.29, 0.717) is 0 Å². The van der Waals surface area contributed by atoms with Crippen molar-refractivity contribution in [2.75, 3.05) is 5.32 Å². The lowest BCUT2D eigenvalue weighted by Gasteiger charge is -2.10. The standard InChI is InChI=1S/C15H20BrNO/c1-9-6-7-10(16)8-11(9)17-13(18)12-14(2,3)15(12,4)5/h6-8,12H,1-5H3,(H,17,18). The lowest BCUT2D eigenvalue weighted by atomic mass is 10.0. The van der Waals surface area contributed by atoms with Gasteiger partial charge in [0.2, 0.25) is 5.91 Å². The predicted molar refractivity (Wildman–Crippen MR) is 78.6 cm³/mol. The normalized spacial score (nSPS) is 20.6. The number of nitrogens with one attached hydrogen (secondary N) is 1. The van der Waals surface area contributed by atoms with E-state index in [0.717, 1.165) is 15.7 Å². The summed E-state index contributed by atoms with van der Waals surface area (Å²) in [6.07, 6.45) is 0. The van der Waals surface area contributed by atoms with Crippen LogP contribution in [0.2, 0.25) is 0 Å². The molecule has 0 spiro atoms. The second-order valence-electron chi connectivity index (χ2n) is 6.32. The van der Waals surface area contributed by atoms with Crippen LogP contribution in [0.25, 0.3) is 0 Å². The van der Waals surface area contributed by atoms with E-state index in [4.69, 9.17) is 0 Å². The molecule has 98 valence electrons. The van der Waals surface area contributed by atoms with Gasteiger partial charge in [-0.15, -0.1) is 0 Å². The van der Waals surface area contributed by atoms with E-state index >= 15 is 0 Å². The van der Waals surface area contributed by atoms with Gasteiger partial charge in [0.25, 0.3) is 0 Å². The molecule has 2 rings (SSSR count). The number of hydrogen-bond donors (Lipinski definition) is 1. The molecule has 0 radical (unpaired) electrons. The highest BCUT2D eigenvalue weighted by Crippen LogP contribution is 2.68. The van der Waals surface area contributed by atoms with Crippen molar-refractivity contribution in [2.45, 2.75) is 34.6 Å². The molecule has 1 fully saturated rings. The Morgan fingerprint density at radius 3 is 2.28 bits per heavy atom. The topological polar surface area (TPSA) is 29.1 Å². The Morgan fingerprint density at radius 2 is 1.78 bits per heavy atom. The number of aryl methyl sites for hydroxylation is 1. The van der Waals surface area contributed by atoms with Crippen LogP contribution in [0, 0.1) is 23.7 Å². The SMILES string of the molecule is Cc1ccc(Br)cc1NC(=O)C1C(C)(C)C1(C)C. The smallest absolute Gasteiger partial charge is 0.228 e. The van der Waals surface area contributed by atoms with Crippen molar-refractivity contribution < 1.29 is 4.79 Å². The monoisotopic (exact) mass is 309 g/mol. The summed E-state index contributed by atoms with van der Waals surface area (Å²) in [7, 11) is 0. The van der Waals surface area contributed by atoms with Gasteiger partial charge in [0, 0.05) is 16.1 Å². The van der Waals surface area contributed by atoms with Gasteiger partial charge >= 0.3 is 0 Å². The first-order chi connectivity index (χ1) is 8.18. The van der Waals surface area contributed by atoms with E-state index in [-0.39, 0.29) is 22.7 Å². The number of carbonyl (C=O) groups is 1. The first kappa shape index (κ1) is 13.6. The number of rotatable bonds is 2. The molecule has 0 atom stereocenters. The molecule has 3 heteroatoms. The van der Waals surface area contributed by atoms with Crippen LogP contribution in [-0.4, -0.2) is 5.91 Å². The van der Waals surface area contributed by atoms with Crippen LogP contribution < -0.4 is 5.32 Å². The van der Waals surface area contributed by atoms with Crippen LogP contribution in [0.3, 0.4) is 0 Å². The van der Waals surface area contributed by atoms with Gasteiger partial charge in [-0.05, 0) is 35.4 Å². The first-order valence-electron chi connectivity index (χ1n) is 6.25. The highest BCUT2D eigenvalue weighted by Gasteiger charge is 2.68. The quantitative estimate of drug-likeness (QED) is 0.863. The van der Waals surface area contributed by atoms with E-state index in [2.05, 4.69) is 48.9 Å². The van der Waals surface area contributed by atoms with E-state index in [9.17, 15) is 4.79 Å². The van der Waals surface area contributed by atoms with Crippen LogP contribution in [0.4, 0.5) is 5.69 Å². The van der Waals surface area contributed by atoms with Gasteiger partial charge in [-0.25, -0.2) is 0 Å². The van der Waals surface area contributed by atoms with Crippen LogP contribution >= 0.6 is 15.9 Å². The molecular weight excluding hydrogens is 290 g/mol. The Labute approximate surface area is 117 Å². The maximum atomic E-state index is 12.3. The Balaban J connectivity index is 2.17. The average Bonchev–Trinajstić information content (AvgIpc) is 2.63. The number of hydrogen-bond acceptors (Lipinski definition) is 1. The summed E-state index contributed by atoms with van der Waals surface area (Å²) in [5.74, 6) is 0.217. The number of halogens is 1. The maximum Gasteiger partial charge on any atom is 0.228 e. The van der Waals surface area contributed by atoms with E-state index in [1.165, 1.54) is 0 Å².